The Morgan fingerprint density at radius 3 is 2.56 bits per heavy atom. The first-order valence-electron chi connectivity index (χ1n) is 8.17. The van der Waals surface area contributed by atoms with E-state index in [1.165, 1.54) is 12.1 Å². The number of carbonyl (C=O) groups is 2. The molecule has 6 heteroatoms. The van der Waals surface area contributed by atoms with Crippen LogP contribution in [0.4, 0.5) is 0 Å². The molecule has 0 aliphatic carbocycles. The quantitative estimate of drug-likeness (QED) is 0.397. The number of ether oxygens (including phenoxy) is 1. The van der Waals surface area contributed by atoms with Crippen LogP contribution in [0.1, 0.15) is 22.3 Å². The molecule has 0 amide bonds. The number of pyridine rings is 1. The van der Waals surface area contributed by atoms with Crippen molar-refractivity contribution in [1.82, 2.24) is 4.98 Å². The van der Waals surface area contributed by atoms with Gasteiger partial charge >= 0.3 is 0 Å². The number of carbonyl (C=O) groups excluding carboxylic acids is 2. The van der Waals surface area contributed by atoms with E-state index in [0.717, 1.165) is 5.56 Å². The van der Waals surface area contributed by atoms with Gasteiger partial charge in [-0.1, -0.05) is 35.9 Å². The molecule has 1 aromatic heterocycles. The Kier molecular flexibility index (Phi) is 5.52. The Labute approximate surface area is 160 Å². The number of fused-ring (bicyclic) bond motifs is 1. The normalized spacial score (nSPS) is 11.0. The fraction of sp³-hybridized carbons (Fsp3) is 0.0952. The van der Waals surface area contributed by atoms with Crippen molar-refractivity contribution < 1.29 is 14.3 Å². The van der Waals surface area contributed by atoms with Gasteiger partial charge in [0.05, 0.1) is 19.1 Å². The summed E-state index contributed by atoms with van der Waals surface area (Å²) in [6, 6.07) is 13.6. The van der Waals surface area contributed by atoms with Gasteiger partial charge in [-0.25, -0.2) is 0 Å². The number of Topliss-reactive ketones (excluding diaryl/α,β-unsaturated/α-hetero) is 1. The highest BCUT2D eigenvalue weighted by Crippen LogP contribution is 2.17. The van der Waals surface area contributed by atoms with Gasteiger partial charge in [0.15, 0.2) is 11.6 Å². The molecule has 0 saturated heterocycles. The maximum absolute atomic E-state index is 12.4. The van der Waals surface area contributed by atoms with Crippen LogP contribution >= 0.6 is 11.6 Å². The number of benzene rings is 2. The second-order valence-electron chi connectivity index (χ2n) is 5.92. The molecule has 0 atom stereocenters. The highest BCUT2D eigenvalue weighted by molar-refractivity contribution is 6.31. The summed E-state index contributed by atoms with van der Waals surface area (Å²) in [5.41, 5.74) is 0.754. The van der Waals surface area contributed by atoms with E-state index in [1.807, 2.05) is 0 Å². The van der Waals surface area contributed by atoms with E-state index in [2.05, 4.69) is 4.98 Å². The third kappa shape index (κ3) is 4.51. The van der Waals surface area contributed by atoms with Gasteiger partial charge in [0, 0.05) is 10.5 Å². The Morgan fingerprint density at radius 2 is 1.85 bits per heavy atom. The van der Waals surface area contributed by atoms with Crippen molar-refractivity contribution in [2.45, 2.75) is 6.42 Å². The van der Waals surface area contributed by atoms with Gasteiger partial charge < -0.3 is 9.72 Å². The largest absolute Gasteiger partial charge is 0.497 e. The molecule has 0 unspecified atom stereocenters. The van der Waals surface area contributed by atoms with Crippen LogP contribution in [0, 0.1) is 0 Å². The maximum atomic E-state index is 12.4. The molecule has 27 heavy (non-hydrogen) atoms. The maximum Gasteiger partial charge on any atom is 0.259 e. The molecule has 5 nitrogen and oxygen atoms in total. The van der Waals surface area contributed by atoms with Crippen molar-refractivity contribution in [1.29, 1.82) is 0 Å². The molecule has 0 saturated carbocycles. The molecule has 136 valence electrons. The van der Waals surface area contributed by atoms with Crippen molar-refractivity contribution in [3.63, 3.8) is 0 Å². The minimum Gasteiger partial charge on any atom is -0.497 e. The third-order valence-corrected chi connectivity index (χ3v) is 4.26. The predicted octanol–water partition coefficient (Wildman–Crippen LogP) is 4.05. The van der Waals surface area contributed by atoms with E-state index in [9.17, 15) is 14.4 Å². The fourth-order valence-corrected chi connectivity index (χ4v) is 2.77. The van der Waals surface area contributed by atoms with Gasteiger partial charge in [-0.2, -0.15) is 0 Å². The number of rotatable bonds is 6. The van der Waals surface area contributed by atoms with Crippen molar-refractivity contribution in [3.8, 4) is 5.75 Å². The van der Waals surface area contributed by atoms with Crippen LogP contribution in [0.15, 0.2) is 59.4 Å². The summed E-state index contributed by atoms with van der Waals surface area (Å²) < 4.78 is 5.07. The van der Waals surface area contributed by atoms with Gasteiger partial charge in [-0.05, 0) is 47.4 Å². The minimum absolute atomic E-state index is 0.0454. The average molecular weight is 382 g/mol. The first-order valence-corrected chi connectivity index (χ1v) is 8.55. The van der Waals surface area contributed by atoms with Crippen molar-refractivity contribution in [3.05, 3.63) is 81.1 Å². The smallest absolute Gasteiger partial charge is 0.259 e. The minimum atomic E-state index is -0.540. The van der Waals surface area contributed by atoms with Crippen LogP contribution in [0.5, 0.6) is 5.75 Å². The van der Waals surface area contributed by atoms with Crippen molar-refractivity contribution >= 4 is 40.1 Å². The second kappa shape index (κ2) is 8.01. The monoisotopic (exact) mass is 381 g/mol. The lowest BCUT2D eigenvalue weighted by Crippen LogP contribution is -2.19. The van der Waals surface area contributed by atoms with E-state index in [-0.39, 0.29) is 17.8 Å². The lowest BCUT2D eigenvalue weighted by molar-refractivity contribution is -0.113. The molecule has 2 aromatic carbocycles. The van der Waals surface area contributed by atoms with E-state index in [4.69, 9.17) is 16.3 Å². The van der Waals surface area contributed by atoms with E-state index < -0.39 is 11.3 Å². The van der Waals surface area contributed by atoms with Gasteiger partial charge in [0.2, 0.25) is 0 Å². The SMILES string of the molecule is COc1ccc(/C=C/C(=O)CC(=O)c2cc3ccc(Cl)cc3[nH]c2=O)cc1. The number of hydrogen-bond acceptors (Lipinski definition) is 4. The molecule has 0 bridgehead atoms. The van der Waals surface area contributed by atoms with Crippen LogP contribution in [0.25, 0.3) is 17.0 Å². The standard InChI is InChI=1S/C21H16ClNO4/c1-27-17-8-3-13(4-9-17)2-7-16(24)12-20(25)18-10-14-5-6-15(22)11-19(14)23-21(18)26/h2-11H,12H2,1H3,(H,23,26)/b7-2+. The number of allylic oxidation sites excluding steroid dienone is 1. The molecule has 1 heterocycles. The van der Waals surface area contributed by atoms with Gasteiger partial charge in [-0.3, -0.25) is 14.4 Å². The van der Waals surface area contributed by atoms with Gasteiger partial charge in [0.25, 0.3) is 5.56 Å². The Hall–Kier alpha value is -3.18. The number of halogens is 1. The van der Waals surface area contributed by atoms with E-state index in [0.29, 0.717) is 21.7 Å². The van der Waals surface area contributed by atoms with Crippen LogP contribution in [-0.4, -0.2) is 23.7 Å². The summed E-state index contributed by atoms with van der Waals surface area (Å²) in [4.78, 5) is 39.2. The zero-order valence-electron chi connectivity index (χ0n) is 14.5. The molecule has 0 aliphatic rings. The lowest BCUT2D eigenvalue weighted by Gasteiger charge is -2.02. The molecule has 0 spiro atoms. The van der Waals surface area contributed by atoms with Crippen molar-refractivity contribution in [2.75, 3.05) is 7.11 Å². The number of H-pyrrole nitrogens is 1. The topological polar surface area (TPSA) is 76.2 Å². The third-order valence-electron chi connectivity index (χ3n) is 4.02. The first kappa shape index (κ1) is 18.6. The van der Waals surface area contributed by atoms with E-state index >= 15 is 0 Å². The summed E-state index contributed by atoms with van der Waals surface area (Å²) >= 11 is 5.90. The number of nitrogens with one attached hydrogen (secondary N) is 1. The number of hydrogen-bond donors (Lipinski definition) is 1. The number of methoxy groups -OCH3 is 1. The summed E-state index contributed by atoms with van der Waals surface area (Å²) in [5, 5.41) is 1.15. The van der Waals surface area contributed by atoms with Crippen LogP contribution in [0.3, 0.4) is 0 Å². The first-order chi connectivity index (χ1) is 13.0. The highest BCUT2D eigenvalue weighted by Gasteiger charge is 2.15. The summed E-state index contributed by atoms with van der Waals surface area (Å²) in [6.45, 7) is 0. The molecule has 0 aliphatic heterocycles. The Morgan fingerprint density at radius 1 is 1.11 bits per heavy atom. The molecule has 1 N–H and O–H groups in total. The van der Waals surface area contributed by atoms with Crippen molar-refractivity contribution in [2.24, 2.45) is 0 Å². The molecule has 3 rings (SSSR count). The zero-order valence-corrected chi connectivity index (χ0v) is 15.2. The number of aromatic nitrogens is 1. The van der Waals surface area contributed by atoms with Gasteiger partial charge in [0.1, 0.15) is 5.75 Å². The summed E-state index contributed by atoms with van der Waals surface area (Å²) in [5.74, 6) is -0.200. The fourth-order valence-electron chi connectivity index (χ4n) is 2.60. The summed E-state index contributed by atoms with van der Waals surface area (Å²) in [6.07, 6.45) is 2.56. The molecule has 0 fully saturated rings. The van der Waals surface area contributed by atoms with Crippen LogP contribution in [0.2, 0.25) is 5.02 Å². The molecule has 0 radical (unpaired) electrons. The lowest BCUT2D eigenvalue weighted by atomic mass is 10.0. The summed E-state index contributed by atoms with van der Waals surface area (Å²) in [7, 11) is 1.57. The highest BCUT2D eigenvalue weighted by atomic mass is 35.5. The number of ketones is 2. The predicted molar refractivity (Wildman–Crippen MR) is 106 cm³/mol. The zero-order chi connectivity index (χ0) is 19.4. The molecule has 3 aromatic rings. The molecular weight excluding hydrogens is 366 g/mol. The Balaban J connectivity index is 1.74. The average Bonchev–Trinajstić information content (AvgIpc) is 2.66. The molecular formula is C21H16ClNO4. The van der Waals surface area contributed by atoms with Gasteiger partial charge in [-0.15, -0.1) is 0 Å². The van der Waals surface area contributed by atoms with Crippen LogP contribution in [-0.2, 0) is 4.79 Å². The van der Waals surface area contributed by atoms with Crippen LogP contribution < -0.4 is 10.3 Å². The van der Waals surface area contributed by atoms with E-state index in [1.54, 1.807) is 55.7 Å². The second-order valence-corrected chi connectivity index (χ2v) is 6.35. The Bertz CT molecular complexity index is 1100. The number of aromatic amines is 1.